The van der Waals surface area contributed by atoms with Crippen LogP contribution >= 0.6 is 15.9 Å². The molecule has 0 radical (unpaired) electrons. The van der Waals surface area contributed by atoms with Gasteiger partial charge in [-0.25, -0.2) is 4.79 Å². The molecule has 0 atom stereocenters. The van der Waals surface area contributed by atoms with Crippen LogP contribution in [0.15, 0.2) is 40.5 Å². The first-order chi connectivity index (χ1) is 8.19. The van der Waals surface area contributed by atoms with E-state index in [2.05, 4.69) is 21.2 Å². The highest BCUT2D eigenvalue weighted by atomic mass is 79.9. The normalized spacial score (nSPS) is 10.5. The van der Waals surface area contributed by atoms with E-state index in [0.29, 0.717) is 0 Å². The third-order valence-electron chi connectivity index (χ3n) is 1.86. The number of hydrogen-bond donors (Lipinski definition) is 1. The lowest BCUT2D eigenvalue weighted by molar-refractivity contribution is -0.138. The van der Waals surface area contributed by atoms with Crippen molar-refractivity contribution >= 4 is 27.6 Å². The number of nitrogens with one attached hydrogen (secondary N) is 1. The van der Waals surface area contributed by atoms with Crippen molar-refractivity contribution in [2.75, 3.05) is 11.9 Å². The van der Waals surface area contributed by atoms with Crippen LogP contribution in [0, 0.1) is 11.3 Å². The van der Waals surface area contributed by atoms with Crippen molar-refractivity contribution in [3.05, 3.63) is 40.5 Å². The number of ether oxygens (including phenoxy) is 1. The van der Waals surface area contributed by atoms with E-state index in [4.69, 9.17) is 10.00 Å². The fourth-order valence-electron chi connectivity index (χ4n) is 1.07. The number of nitrogens with zero attached hydrogens (tertiary/aromatic N) is 1. The lowest BCUT2D eigenvalue weighted by Crippen LogP contribution is -2.07. The number of anilines is 1. The van der Waals surface area contributed by atoms with Gasteiger partial charge in [0.15, 0.2) is 5.57 Å². The fourth-order valence-corrected chi connectivity index (χ4v) is 1.47. The second-order valence-corrected chi connectivity index (χ2v) is 3.87. The maximum absolute atomic E-state index is 11.3. The van der Waals surface area contributed by atoms with E-state index in [1.165, 1.54) is 6.20 Å². The van der Waals surface area contributed by atoms with Crippen molar-refractivity contribution in [2.45, 2.75) is 6.92 Å². The zero-order chi connectivity index (χ0) is 12.7. The van der Waals surface area contributed by atoms with Gasteiger partial charge < -0.3 is 10.1 Å². The van der Waals surface area contributed by atoms with Crippen LogP contribution in [0.3, 0.4) is 0 Å². The summed E-state index contributed by atoms with van der Waals surface area (Å²) in [4.78, 5) is 11.3. The van der Waals surface area contributed by atoms with Crippen LogP contribution in [-0.4, -0.2) is 12.6 Å². The minimum atomic E-state index is -0.630. The Bertz CT molecular complexity index is 478. The summed E-state index contributed by atoms with van der Waals surface area (Å²) in [6.07, 6.45) is 1.33. The molecule has 0 saturated carbocycles. The molecule has 4 nitrogen and oxygen atoms in total. The number of nitriles is 1. The van der Waals surface area contributed by atoms with Gasteiger partial charge in [-0.1, -0.05) is 12.1 Å². The zero-order valence-electron chi connectivity index (χ0n) is 9.24. The smallest absolute Gasteiger partial charge is 0.350 e. The molecule has 17 heavy (non-hydrogen) atoms. The molecule has 88 valence electrons. The lowest BCUT2D eigenvalue weighted by atomic mass is 10.3. The molecular formula is C12H11BrN2O2. The summed E-state index contributed by atoms with van der Waals surface area (Å²) >= 11 is 3.35. The first-order valence-corrected chi connectivity index (χ1v) is 5.76. The molecule has 1 rings (SSSR count). The Morgan fingerprint density at radius 3 is 2.88 bits per heavy atom. The van der Waals surface area contributed by atoms with Gasteiger partial charge in [0.1, 0.15) is 6.07 Å². The Morgan fingerprint density at radius 1 is 1.59 bits per heavy atom. The molecule has 0 unspecified atom stereocenters. The second-order valence-electron chi connectivity index (χ2n) is 3.01. The molecule has 0 amide bonds. The number of hydrogen-bond acceptors (Lipinski definition) is 4. The van der Waals surface area contributed by atoms with Crippen LogP contribution in [0.2, 0.25) is 0 Å². The molecule has 0 aromatic heterocycles. The topological polar surface area (TPSA) is 62.1 Å². The summed E-state index contributed by atoms with van der Waals surface area (Å²) in [7, 11) is 0. The van der Waals surface area contributed by atoms with Crippen LogP contribution in [-0.2, 0) is 9.53 Å². The Morgan fingerprint density at radius 2 is 2.29 bits per heavy atom. The number of rotatable bonds is 4. The van der Waals surface area contributed by atoms with Crippen molar-refractivity contribution in [3.63, 3.8) is 0 Å². The summed E-state index contributed by atoms with van der Waals surface area (Å²) in [6, 6.07) is 9.17. The van der Waals surface area contributed by atoms with Crippen molar-refractivity contribution < 1.29 is 9.53 Å². The van der Waals surface area contributed by atoms with Gasteiger partial charge in [-0.05, 0) is 35.0 Å². The van der Waals surface area contributed by atoms with Gasteiger partial charge in [-0.2, -0.15) is 5.26 Å². The molecule has 0 heterocycles. The van der Waals surface area contributed by atoms with Crippen molar-refractivity contribution in [1.82, 2.24) is 0 Å². The highest BCUT2D eigenvalue weighted by Crippen LogP contribution is 2.21. The molecule has 0 spiro atoms. The van der Waals surface area contributed by atoms with Gasteiger partial charge in [0.2, 0.25) is 0 Å². The summed E-state index contributed by atoms with van der Waals surface area (Å²) in [5.41, 5.74) is 0.701. The Kier molecular flexibility index (Phi) is 5.24. The number of benzene rings is 1. The number of para-hydroxylation sites is 1. The first kappa shape index (κ1) is 13.3. The fraction of sp³-hybridized carbons (Fsp3) is 0.167. The second kappa shape index (κ2) is 6.71. The van der Waals surface area contributed by atoms with Crippen LogP contribution in [0.5, 0.6) is 0 Å². The van der Waals surface area contributed by atoms with Crippen LogP contribution in [0.1, 0.15) is 6.92 Å². The highest BCUT2D eigenvalue weighted by molar-refractivity contribution is 9.10. The van der Waals surface area contributed by atoms with Crippen LogP contribution in [0.4, 0.5) is 5.69 Å². The van der Waals surface area contributed by atoms with E-state index in [-0.39, 0.29) is 12.2 Å². The molecule has 1 aromatic rings. The summed E-state index contributed by atoms with van der Waals surface area (Å²) in [6.45, 7) is 1.93. The highest BCUT2D eigenvalue weighted by Gasteiger charge is 2.09. The lowest BCUT2D eigenvalue weighted by Gasteiger charge is -2.04. The maximum Gasteiger partial charge on any atom is 0.350 e. The number of esters is 1. The van der Waals surface area contributed by atoms with Crippen LogP contribution in [0.25, 0.3) is 0 Å². The molecule has 1 aromatic carbocycles. The van der Waals surface area contributed by atoms with Gasteiger partial charge >= 0.3 is 5.97 Å². The summed E-state index contributed by atoms with van der Waals surface area (Å²) in [5, 5.41) is 11.7. The van der Waals surface area contributed by atoms with Crippen molar-refractivity contribution in [2.24, 2.45) is 0 Å². The molecule has 0 fully saturated rings. The predicted molar refractivity (Wildman–Crippen MR) is 68.1 cm³/mol. The summed E-state index contributed by atoms with van der Waals surface area (Å²) < 4.78 is 5.58. The quantitative estimate of drug-likeness (QED) is 0.527. The standard InChI is InChI=1S/C12H11BrN2O2/c1-2-17-12(16)9(7-14)8-15-11-6-4-3-5-10(11)13/h3-6,8,15H,2H2,1H3/b9-8+. The van der Waals surface area contributed by atoms with E-state index >= 15 is 0 Å². The molecule has 0 saturated heterocycles. The van der Waals surface area contributed by atoms with E-state index in [9.17, 15) is 4.79 Å². The number of carbonyl (C=O) groups excluding carboxylic acids is 1. The molecular weight excluding hydrogens is 284 g/mol. The van der Waals surface area contributed by atoms with E-state index < -0.39 is 5.97 Å². The largest absolute Gasteiger partial charge is 0.462 e. The third kappa shape index (κ3) is 3.93. The Balaban J connectivity index is 2.79. The average Bonchev–Trinajstić information content (AvgIpc) is 2.32. The number of carbonyl (C=O) groups is 1. The van der Waals surface area contributed by atoms with Gasteiger partial charge in [-0.3, -0.25) is 0 Å². The number of halogens is 1. The minimum absolute atomic E-state index is 0.0670. The molecule has 0 aliphatic carbocycles. The van der Waals surface area contributed by atoms with E-state index in [0.717, 1.165) is 10.2 Å². The average molecular weight is 295 g/mol. The maximum atomic E-state index is 11.3. The van der Waals surface area contributed by atoms with Crippen molar-refractivity contribution in [1.29, 1.82) is 5.26 Å². The Hall–Kier alpha value is -1.80. The zero-order valence-corrected chi connectivity index (χ0v) is 10.8. The predicted octanol–water partition coefficient (Wildman–Crippen LogP) is 2.83. The van der Waals surface area contributed by atoms with Gasteiger partial charge in [-0.15, -0.1) is 0 Å². The molecule has 5 heteroatoms. The summed E-state index contributed by atoms with van der Waals surface area (Å²) in [5.74, 6) is -0.630. The van der Waals surface area contributed by atoms with Gasteiger partial charge in [0, 0.05) is 10.7 Å². The molecule has 1 N–H and O–H groups in total. The Labute approximate surface area is 108 Å². The monoisotopic (exact) mass is 294 g/mol. The SMILES string of the molecule is CCOC(=O)/C(C#N)=C/Nc1ccccc1Br. The molecule has 0 aliphatic heterocycles. The van der Waals surface area contributed by atoms with E-state index in [1.807, 2.05) is 24.3 Å². The van der Waals surface area contributed by atoms with Crippen LogP contribution < -0.4 is 5.32 Å². The minimum Gasteiger partial charge on any atom is -0.462 e. The molecule has 0 bridgehead atoms. The molecule has 0 aliphatic rings. The van der Waals surface area contributed by atoms with E-state index in [1.54, 1.807) is 13.0 Å². The van der Waals surface area contributed by atoms with Crippen molar-refractivity contribution in [3.8, 4) is 6.07 Å². The third-order valence-corrected chi connectivity index (χ3v) is 2.55. The van der Waals surface area contributed by atoms with Gasteiger partial charge in [0.25, 0.3) is 0 Å². The first-order valence-electron chi connectivity index (χ1n) is 4.97. The van der Waals surface area contributed by atoms with Gasteiger partial charge in [0.05, 0.1) is 12.3 Å².